The van der Waals surface area contributed by atoms with Crippen molar-refractivity contribution in [3.8, 4) is 0 Å². The molecule has 1 saturated carbocycles. The van der Waals surface area contributed by atoms with Gasteiger partial charge in [-0.3, -0.25) is 0 Å². The van der Waals surface area contributed by atoms with Crippen LogP contribution in [-0.2, 0) is 11.3 Å². The van der Waals surface area contributed by atoms with E-state index in [0.29, 0.717) is 24.6 Å². The van der Waals surface area contributed by atoms with Gasteiger partial charge in [-0.15, -0.1) is 0 Å². The maximum absolute atomic E-state index is 5.78. The van der Waals surface area contributed by atoms with Crippen LogP contribution in [0, 0.1) is 12.3 Å². The average molecular weight is 253 g/mol. The third-order valence-electron chi connectivity index (χ3n) is 4.19. The van der Waals surface area contributed by atoms with Gasteiger partial charge in [0.1, 0.15) is 0 Å². The Morgan fingerprint density at radius 1 is 1.50 bits per heavy atom. The van der Waals surface area contributed by atoms with Crippen molar-refractivity contribution in [2.75, 3.05) is 6.61 Å². The Hall–Kier alpha value is -0.940. The standard InChI is InChI=1S/C13H23N3O2/c1-5-13(4)10(7-11(13)17-6-2)14-8-12-15-9(3)18-16-12/h10-11,14H,5-8H2,1-4H3. The Morgan fingerprint density at radius 2 is 2.28 bits per heavy atom. The predicted octanol–water partition coefficient (Wildman–Crippen LogP) is 2.06. The van der Waals surface area contributed by atoms with E-state index in [9.17, 15) is 0 Å². The Morgan fingerprint density at radius 3 is 2.83 bits per heavy atom. The minimum absolute atomic E-state index is 0.217. The van der Waals surface area contributed by atoms with Gasteiger partial charge in [0.25, 0.3) is 0 Å². The zero-order valence-corrected chi connectivity index (χ0v) is 11.7. The zero-order chi connectivity index (χ0) is 13.2. The van der Waals surface area contributed by atoms with E-state index in [-0.39, 0.29) is 5.41 Å². The Kier molecular flexibility index (Phi) is 4.02. The lowest BCUT2D eigenvalue weighted by atomic mass is 9.61. The van der Waals surface area contributed by atoms with Crippen LogP contribution in [-0.4, -0.2) is 28.9 Å². The summed E-state index contributed by atoms with van der Waals surface area (Å²) in [6.45, 7) is 9.82. The number of aryl methyl sites for hydroxylation is 1. The average Bonchev–Trinajstić information content (AvgIpc) is 2.77. The lowest BCUT2D eigenvalue weighted by Crippen LogP contribution is -2.62. The van der Waals surface area contributed by atoms with Crippen molar-refractivity contribution in [2.24, 2.45) is 5.41 Å². The van der Waals surface area contributed by atoms with Crippen LogP contribution in [0.4, 0.5) is 0 Å². The number of nitrogens with zero attached hydrogens (tertiary/aromatic N) is 2. The van der Waals surface area contributed by atoms with Gasteiger partial charge < -0.3 is 14.6 Å². The first kappa shape index (κ1) is 13.5. The molecule has 1 aliphatic carbocycles. The molecule has 0 spiro atoms. The normalized spacial score (nSPS) is 31.3. The summed E-state index contributed by atoms with van der Waals surface area (Å²) in [4.78, 5) is 4.20. The smallest absolute Gasteiger partial charge is 0.223 e. The van der Waals surface area contributed by atoms with Gasteiger partial charge in [-0.2, -0.15) is 4.98 Å². The molecule has 2 rings (SSSR count). The summed E-state index contributed by atoms with van der Waals surface area (Å²) < 4.78 is 10.7. The van der Waals surface area contributed by atoms with Gasteiger partial charge in [0.2, 0.25) is 5.89 Å². The fourth-order valence-electron chi connectivity index (χ4n) is 2.69. The molecule has 18 heavy (non-hydrogen) atoms. The predicted molar refractivity (Wildman–Crippen MR) is 68.1 cm³/mol. The van der Waals surface area contributed by atoms with E-state index >= 15 is 0 Å². The molecule has 0 bridgehead atoms. The van der Waals surface area contributed by atoms with E-state index in [0.717, 1.165) is 25.3 Å². The molecule has 0 aliphatic heterocycles. The topological polar surface area (TPSA) is 60.2 Å². The molecule has 0 amide bonds. The molecular weight excluding hydrogens is 230 g/mol. The molecule has 102 valence electrons. The molecule has 3 atom stereocenters. The summed E-state index contributed by atoms with van der Waals surface area (Å²) in [7, 11) is 0. The largest absolute Gasteiger partial charge is 0.378 e. The van der Waals surface area contributed by atoms with Crippen LogP contribution in [0.1, 0.15) is 45.3 Å². The van der Waals surface area contributed by atoms with Crippen LogP contribution < -0.4 is 5.32 Å². The van der Waals surface area contributed by atoms with Crippen molar-refractivity contribution >= 4 is 0 Å². The summed E-state index contributed by atoms with van der Waals surface area (Å²) in [5.41, 5.74) is 0.217. The maximum atomic E-state index is 5.78. The zero-order valence-electron chi connectivity index (χ0n) is 11.7. The highest BCUT2D eigenvalue weighted by Gasteiger charge is 2.50. The molecule has 5 heteroatoms. The number of hydrogen-bond donors (Lipinski definition) is 1. The molecule has 1 heterocycles. The first-order valence-corrected chi connectivity index (χ1v) is 6.74. The lowest BCUT2D eigenvalue weighted by Gasteiger charge is -2.53. The number of ether oxygens (including phenoxy) is 1. The molecule has 1 fully saturated rings. The van der Waals surface area contributed by atoms with Crippen molar-refractivity contribution in [3.63, 3.8) is 0 Å². The van der Waals surface area contributed by atoms with Crippen molar-refractivity contribution < 1.29 is 9.26 Å². The SMILES string of the molecule is CCOC1CC(NCc2noc(C)n2)C1(C)CC. The van der Waals surface area contributed by atoms with Crippen molar-refractivity contribution in [3.05, 3.63) is 11.7 Å². The second kappa shape index (κ2) is 5.36. The molecule has 1 aliphatic rings. The fourth-order valence-corrected chi connectivity index (χ4v) is 2.69. The first-order chi connectivity index (χ1) is 8.60. The summed E-state index contributed by atoms with van der Waals surface area (Å²) >= 11 is 0. The van der Waals surface area contributed by atoms with Gasteiger partial charge >= 0.3 is 0 Å². The molecule has 1 N–H and O–H groups in total. The summed E-state index contributed by atoms with van der Waals surface area (Å²) in [5, 5.41) is 7.41. The van der Waals surface area contributed by atoms with E-state index in [4.69, 9.17) is 9.26 Å². The molecule has 0 saturated heterocycles. The summed E-state index contributed by atoms with van der Waals surface area (Å²) in [6.07, 6.45) is 2.55. The molecule has 1 aromatic rings. The van der Waals surface area contributed by atoms with E-state index in [1.54, 1.807) is 6.92 Å². The molecule has 5 nitrogen and oxygen atoms in total. The fraction of sp³-hybridized carbons (Fsp3) is 0.846. The Balaban J connectivity index is 1.87. The van der Waals surface area contributed by atoms with Gasteiger partial charge in [0, 0.05) is 25.0 Å². The van der Waals surface area contributed by atoms with Crippen LogP contribution in [0.5, 0.6) is 0 Å². The second-order valence-corrected chi connectivity index (χ2v) is 5.20. The third kappa shape index (κ3) is 2.42. The van der Waals surface area contributed by atoms with Crippen molar-refractivity contribution in [2.45, 2.75) is 59.2 Å². The Labute approximate surface area is 108 Å². The number of rotatable bonds is 6. The first-order valence-electron chi connectivity index (χ1n) is 6.74. The quantitative estimate of drug-likeness (QED) is 0.841. The molecule has 0 aromatic carbocycles. The monoisotopic (exact) mass is 253 g/mol. The number of hydrogen-bond acceptors (Lipinski definition) is 5. The lowest BCUT2D eigenvalue weighted by molar-refractivity contribution is -0.126. The van der Waals surface area contributed by atoms with Crippen LogP contribution >= 0.6 is 0 Å². The molecule has 3 unspecified atom stereocenters. The van der Waals surface area contributed by atoms with E-state index in [1.165, 1.54) is 0 Å². The van der Waals surface area contributed by atoms with E-state index in [1.807, 2.05) is 0 Å². The van der Waals surface area contributed by atoms with E-state index in [2.05, 4.69) is 36.2 Å². The van der Waals surface area contributed by atoms with Crippen LogP contribution in [0.2, 0.25) is 0 Å². The van der Waals surface area contributed by atoms with Gasteiger partial charge in [-0.05, 0) is 19.8 Å². The molecule has 1 aromatic heterocycles. The highest BCUT2D eigenvalue weighted by Crippen LogP contribution is 2.45. The molecule has 0 radical (unpaired) electrons. The van der Waals surface area contributed by atoms with E-state index < -0.39 is 0 Å². The van der Waals surface area contributed by atoms with Crippen molar-refractivity contribution in [1.82, 2.24) is 15.5 Å². The molecular formula is C13H23N3O2. The van der Waals surface area contributed by atoms with Crippen LogP contribution in [0.25, 0.3) is 0 Å². The highest BCUT2D eigenvalue weighted by molar-refractivity contribution is 5.05. The number of nitrogens with one attached hydrogen (secondary N) is 1. The van der Waals surface area contributed by atoms with Gasteiger partial charge in [0.05, 0.1) is 12.6 Å². The van der Waals surface area contributed by atoms with Crippen molar-refractivity contribution in [1.29, 1.82) is 0 Å². The summed E-state index contributed by atoms with van der Waals surface area (Å²) in [5.74, 6) is 1.34. The van der Waals surface area contributed by atoms with Crippen LogP contribution in [0.3, 0.4) is 0 Å². The van der Waals surface area contributed by atoms with Gasteiger partial charge in [-0.1, -0.05) is 19.0 Å². The van der Waals surface area contributed by atoms with Gasteiger partial charge in [0.15, 0.2) is 5.82 Å². The van der Waals surface area contributed by atoms with Crippen LogP contribution in [0.15, 0.2) is 4.52 Å². The maximum Gasteiger partial charge on any atom is 0.223 e. The Bertz CT molecular complexity index is 393. The van der Waals surface area contributed by atoms with Gasteiger partial charge in [-0.25, -0.2) is 0 Å². The second-order valence-electron chi connectivity index (χ2n) is 5.20. The summed E-state index contributed by atoms with van der Waals surface area (Å²) in [6, 6.07) is 0.470. The minimum Gasteiger partial charge on any atom is -0.378 e. The minimum atomic E-state index is 0.217. The third-order valence-corrected chi connectivity index (χ3v) is 4.19. The number of aromatic nitrogens is 2. The highest BCUT2D eigenvalue weighted by atomic mass is 16.5.